The summed E-state index contributed by atoms with van der Waals surface area (Å²) >= 11 is 9.02. The number of hydrogen-bond donors (Lipinski definition) is 0. The molecule has 0 radical (unpaired) electrons. The van der Waals surface area contributed by atoms with Gasteiger partial charge < -0.3 is 4.74 Å². The minimum atomic E-state index is 0.369. The van der Waals surface area contributed by atoms with Crippen molar-refractivity contribution < 1.29 is 4.74 Å². The van der Waals surface area contributed by atoms with Gasteiger partial charge in [0.1, 0.15) is 11.5 Å². The Balaban J connectivity index is 2.20. The van der Waals surface area contributed by atoms with E-state index in [9.17, 15) is 0 Å². The molecule has 0 aromatic carbocycles. The number of hydrogen-bond acceptors (Lipinski definition) is 3. The summed E-state index contributed by atoms with van der Waals surface area (Å²) in [5, 5.41) is 0. The molecule has 0 amide bonds. The first-order chi connectivity index (χ1) is 7.78. The Hall–Kier alpha value is -1.13. The molecule has 82 valence electrons. The van der Waals surface area contributed by atoms with E-state index in [-0.39, 0.29) is 0 Å². The molecule has 2 aromatic heterocycles. The van der Waals surface area contributed by atoms with E-state index >= 15 is 0 Å². The Kier molecular flexibility index (Phi) is 3.74. The molecule has 0 fully saturated rings. The number of alkyl halides is 1. The van der Waals surface area contributed by atoms with Gasteiger partial charge in [-0.05, 0) is 28.1 Å². The van der Waals surface area contributed by atoms with Crippen LogP contribution in [0, 0.1) is 0 Å². The van der Waals surface area contributed by atoms with Crippen molar-refractivity contribution >= 4 is 27.5 Å². The van der Waals surface area contributed by atoms with Crippen LogP contribution in [0.15, 0.2) is 41.3 Å². The van der Waals surface area contributed by atoms with Crippen molar-refractivity contribution in [3.05, 3.63) is 47.0 Å². The molecule has 2 heterocycles. The number of ether oxygens (including phenoxy) is 1. The molecule has 5 heteroatoms. The predicted molar refractivity (Wildman–Crippen MR) is 65.8 cm³/mol. The minimum absolute atomic E-state index is 0.369. The van der Waals surface area contributed by atoms with E-state index in [0.29, 0.717) is 17.4 Å². The second-order valence-electron chi connectivity index (χ2n) is 3.06. The van der Waals surface area contributed by atoms with Crippen molar-refractivity contribution in [3.63, 3.8) is 0 Å². The average molecular weight is 300 g/mol. The van der Waals surface area contributed by atoms with Gasteiger partial charge in [-0.2, -0.15) is 0 Å². The Morgan fingerprint density at radius 2 is 2.12 bits per heavy atom. The van der Waals surface area contributed by atoms with Gasteiger partial charge in [-0.3, -0.25) is 9.97 Å². The highest BCUT2D eigenvalue weighted by Crippen LogP contribution is 2.23. The smallest absolute Gasteiger partial charge is 0.146 e. The summed E-state index contributed by atoms with van der Waals surface area (Å²) in [6.45, 7) is 0. The second kappa shape index (κ2) is 5.27. The number of nitrogens with zero attached hydrogens (tertiary/aromatic N) is 2. The maximum absolute atomic E-state index is 5.69. The van der Waals surface area contributed by atoms with E-state index in [0.717, 1.165) is 10.2 Å². The van der Waals surface area contributed by atoms with E-state index in [4.69, 9.17) is 16.3 Å². The van der Waals surface area contributed by atoms with Crippen molar-refractivity contribution in [2.45, 2.75) is 5.88 Å². The monoisotopic (exact) mass is 298 g/mol. The normalized spacial score (nSPS) is 10.1. The van der Waals surface area contributed by atoms with E-state index in [1.165, 1.54) is 0 Å². The molecule has 0 atom stereocenters. The number of rotatable bonds is 3. The zero-order chi connectivity index (χ0) is 11.4. The lowest BCUT2D eigenvalue weighted by Gasteiger charge is -2.05. The molecule has 0 N–H and O–H groups in total. The molecular formula is C11H8BrClN2O. The first kappa shape index (κ1) is 11.4. The Morgan fingerprint density at radius 3 is 2.88 bits per heavy atom. The molecule has 2 aromatic rings. The first-order valence-electron chi connectivity index (χ1n) is 4.57. The van der Waals surface area contributed by atoms with Crippen molar-refractivity contribution in [3.8, 4) is 11.5 Å². The van der Waals surface area contributed by atoms with Crippen LogP contribution < -0.4 is 4.74 Å². The summed E-state index contributed by atoms with van der Waals surface area (Å²) in [6.07, 6.45) is 5.01. The molecule has 0 saturated heterocycles. The first-order valence-corrected chi connectivity index (χ1v) is 5.90. The predicted octanol–water partition coefficient (Wildman–Crippen LogP) is 3.77. The van der Waals surface area contributed by atoms with Gasteiger partial charge in [0, 0.05) is 22.9 Å². The molecular weight excluding hydrogens is 291 g/mol. The van der Waals surface area contributed by atoms with Gasteiger partial charge in [-0.25, -0.2) is 0 Å². The summed E-state index contributed by atoms with van der Waals surface area (Å²) in [6, 6.07) is 5.42. The average Bonchev–Trinajstić information content (AvgIpc) is 2.29. The highest BCUT2D eigenvalue weighted by molar-refractivity contribution is 9.10. The lowest BCUT2D eigenvalue weighted by molar-refractivity contribution is 0.478. The van der Waals surface area contributed by atoms with Gasteiger partial charge in [0.15, 0.2) is 0 Å². The van der Waals surface area contributed by atoms with Crippen LogP contribution in [-0.4, -0.2) is 9.97 Å². The fourth-order valence-electron chi connectivity index (χ4n) is 1.18. The molecule has 2 rings (SSSR count). The highest BCUT2D eigenvalue weighted by Gasteiger charge is 2.00. The molecule has 0 unspecified atom stereocenters. The summed E-state index contributed by atoms with van der Waals surface area (Å²) in [7, 11) is 0. The Labute approximate surface area is 107 Å². The molecule has 16 heavy (non-hydrogen) atoms. The van der Waals surface area contributed by atoms with Crippen LogP contribution in [-0.2, 0) is 5.88 Å². The summed E-state index contributed by atoms with van der Waals surface area (Å²) in [4.78, 5) is 8.09. The van der Waals surface area contributed by atoms with Crippen LogP contribution in [0.25, 0.3) is 0 Å². The molecule has 0 bridgehead atoms. The van der Waals surface area contributed by atoms with Crippen molar-refractivity contribution in [1.82, 2.24) is 9.97 Å². The van der Waals surface area contributed by atoms with Crippen LogP contribution in [0.2, 0.25) is 0 Å². The fraction of sp³-hybridized carbons (Fsp3) is 0.0909. The topological polar surface area (TPSA) is 35.0 Å². The van der Waals surface area contributed by atoms with E-state index < -0.39 is 0 Å². The fourth-order valence-corrected chi connectivity index (χ4v) is 1.67. The molecule has 0 aliphatic rings. The van der Waals surface area contributed by atoms with Crippen molar-refractivity contribution in [2.24, 2.45) is 0 Å². The molecule has 3 nitrogen and oxygen atoms in total. The molecule has 0 saturated carbocycles. The summed E-state index contributed by atoms with van der Waals surface area (Å²) in [5.74, 6) is 1.74. The van der Waals surface area contributed by atoms with Gasteiger partial charge in [0.25, 0.3) is 0 Å². The van der Waals surface area contributed by atoms with Gasteiger partial charge >= 0.3 is 0 Å². The van der Waals surface area contributed by atoms with Gasteiger partial charge in [-0.15, -0.1) is 11.6 Å². The maximum Gasteiger partial charge on any atom is 0.146 e. The van der Waals surface area contributed by atoms with E-state index in [1.54, 1.807) is 30.7 Å². The van der Waals surface area contributed by atoms with E-state index in [1.807, 2.05) is 6.07 Å². The third kappa shape index (κ3) is 2.93. The Bertz CT molecular complexity index is 493. The van der Waals surface area contributed by atoms with Crippen LogP contribution in [0.5, 0.6) is 11.5 Å². The Morgan fingerprint density at radius 1 is 1.25 bits per heavy atom. The summed E-state index contributed by atoms with van der Waals surface area (Å²) in [5.41, 5.74) is 0.780. The lowest BCUT2D eigenvalue weighted by atomic mass is 10.3. The van der Waals surface area contributed by atoms with Crippen LogP contribution in [0.3, 0.4) is 0 Å². The van der Waals surface area contributed by atoms with E-state index in [2.05, 4.69) is 25.9 Å². The van der Waals surface area contributed by atoms with Gasteiger partial charge in [0.2, 0.25) is 0 Å². The molecule has 0 aliphatic carbocycles. The summed E-state index contributed by atoms with van der Waals surface area (Å²) < 4.78 is 6.48. The van der Waals surface area contributed by atoms with Gasteiger partial charge in [-0.1, -0.05) is 0 Å². The highest BCUT2D eigenvalue weighted by atomic mass is 79.9. The maximum atomic E-state index is 5.69. The largest absolute Gasteiger partial charge is 0.456 e. The van der Waals surface area contributed by atoms with Crippen LogP contribution in [0.1, 0.15) is 5.69 Å². The van der Waals surface area contributed by atoms with Gasteiger partial charge in [0.05, 0.1) is 17.8 Å². The molecule has 0 aliphatic heterocycles. The third-order valence-electron chi connectivity index (χ3n) is 1.84. The number of aromatic nitrogens is 2. The van der Waals surface area contributed by atoms with Crippen molar-refractivity contribution in [2.75, 3.05) is 0 Å². The lowest BCUT2D eigenvalue weighted by Crippen LogP contribution is -1.89. The zero-order valence-electron chi connectivity index (χ0n) is 8.23. The quantitative estimate of drug-likeness (QED) is 0.809. The SMILES string of the molecule is ClCc1cc(Oc2cncc(Br)c2)ccn1. The van der Waals surface area contributed by atoms with Crippen LogP contribution >= 0.6 is 27.5 Å². The van der Waals surface area contributed by atoms with Crippen LogP contribution in [0.4, 0.5) is 0 Å². The number of pyridine rings is 2. The minimum Gasteiger partial charge on any atom is -0.456 e. The number of halogens is 2. The van der Waals surface area contributed by atoms with Crippen molar-refractivity contribution in [1.29, 1.82) is 0 Å². The zero-order valence-corrected chi connectivity index (χ0v) is 10.6. The molecule has 0 spiro atoms. The standard InChI is InChI=1S/C11H8BrClN2O/c12-8-3-11(7-14-6-8)16-10-1-2-15-9(4-10)5-13/h1-4,6-7H,5H2. The second-order valence-corrected chi connectivity index (χ2v) is 4.24. The third-order valence-corrected chi connectivity index (χ3v) is 2.55.